The lowest BCUT2D eigenvalue weighted by Crippen LogP contribution is -2.27. The van der Waals surface area contributed by atoms with Gasteiger partial charge in [0.15, 0.2) is 0 Å². The number of hydrogen-bond donors (Lipinski definition) is 2. The quantitative estimate of drug-likeness (QED) is 0.754. The smallest absolute Gasteiger partial charge is 0.304 e. The molecule has 1 aromatic rings. The number of hydrogen-bond acceptors (Lipinski definition) is 3. The third kappa shape index (κ3) is 3.02. The van der Waals surface area contributed by atoms with Crippen LogP contribution in [0, 0.1) is 5.92 Å². The van der Waals surface area contributed by atoms with Gasteiger partial charge < -0.3 is 10.3 Å². The molecule has 0 saturated carbocycles. The van der Waals surface area contributed by atoms with Crippen LogP contribution in [0.1, 0.15) is 19.5 Å². The van der Waals surface area contributed by atoms with E-state index in [1.807, 2.05) is 13.8 Å². The van der Waals surface area contributed by atoms with E-state index in [1.165, 1.54) is 0 Å². The molecule has 0 fully saturated rings. The lowest BCUT2D eigenvalue weighted by Gasteiger charge is -2.05. The number of nitrogens with one attached hydrogen (secondary N) is 2. The summed E-state index contributed by atoms with van der Waals surface area (Å²) in [6.07, 6.45) is 0. The Hall–Kier alpha value is -1.10. The molecular formula is C8H12N2O2S. The van der Waals surface area contributed by atoms with Crippen molar-refractivity contribution in [2.24, 2.45) is 5.92 Å². The van der Waals surface area contributed by atoms with Crippen LogP contribution >= 0.6 is 11.3 Å². The third-order valence-electron chi connectivity index (χ3n) is 1.55. The molecule has 0 aromatic carbocycles. The number of aromatic amines is 1. The van der Waals surface area contributed by atoms with Crippen LogP contribution in [0.5, 0.6) is 0 Å². The van der Waals surface area contributed by atoms with Gasteiger partial charge in [-0.1, -0.05) is 25.2 Å². The van der Waals surface area contributed by atoms with Crippen molar-refractivity contribution in [3.63, 3.8) is 0 Å². The molecule has 0 bridgehead atoms. The van der Waals surface area contributed by atoms with Crippen molar-refractivity contribution in [3.05, 3.63) is 20.7 Å². The molecule has 0 atom stereocenters. The Bertz CT molecular complexity index is 340. The van der Waals surface area contributed by atoms with Gasteiger partial charge in [0.25, 0.3) is 0 Å². The summed E-state index contributed by atoms with van der Waals surface area (Å²) < 4.78 is 0. The second-order valence-electron chi connectivity index (χ2n) is 3.05. The molecule has 2 N–H and O–H groups in total. The van der Waals surface area contributed by atoms with E-state index >= 15 is 0 Å². The molecule has 0 radical (unpaired) electrons. The van der Waals surface area contributed by atoms with Gasteiger partial charge in [0.2, 0.25) is 5.91 Å². The van der Waals surface area contributed by atoms with E-state index in [-0.39, 0.29) is 16.7 Å². The van der Waals surface area contributed by atoms with Gasteiger partial charge in [0, 0.05) is 17.0 Å². The van der Waals surface area contributed by atoms with Crippen LogP contribution in [0.4, 0.5) is 0 Å². The lowest BCUT2D eigenvalue weighted by atomic mass is 10.2. The monoisotopic (exact) mass is 200 g/mol. The number of H-pyrrole nitrogens is 1. The van der Waals surface area contributed by atoms with Crippen LogP contribution in [0.25, 0.3) is 0 Å². The van der Waals surface area contributed by atoms with E-state index in [0.717, 1.165) is 17.0 Å². The van der Waals surface area contributed by atoms with Crippen LogP contribution in [-0.4, -0.2) is 10.9 Å². The molecular weight excluding hydrogens is 188 g/mol. The minimum atomic E-state index is -0.0891. The van der Waals surface area contributed by atoms with E-state index in [2.05, 4.69) is 10.3 Å². The number of aromatic nitrogens is 1. The van der Waals surface area contributed by atoms with Crippen molar-refractivity contribution < 1.29 is 4.79 Å². The van der Waals surface area contributed by atoms with Crippen molar-refractivity contribution in [1.82, 2.24) is 10.3 Å². The van der Waals surface area contributed by atoms with Gasteiger partial charge >= 0.3 is 4.87 Å². The molecule has 0 aliphatic rings. The molecule has 0 aliphatic carbocycles. The van der Waals surface area contributed by atoms with E-state index in [4.69, 9.17) is 0 Å². The van der Waals surface area contributed by atoms with Gasteiger partial charge in [0.05, 0.1) is 6.54 Å². The Morgan fingerprint density at radius 1 is 1.69 bits per heavy atom. The molecule has 5 heteroatoms. The summed E-state index contributed by atoms with van der Waals surface area (Å²) in [5.41, 5.74) is 0.754. The summed E-state index contributed by atoms with van der Waals surface area (Å²) in [6.45, 7) is 4.05. The Labute approximate surface area is 80.0 Å². The Kier molecular flexibility index (Phi) is 3.25. The molecule has 1 rings (SSSR count). The zero-order valence-corrected chi connectivity index (χ0v) is 8.40. The van der Waals surface area contributed by atoms with Crippen LogP contribution in [-0.2, 0) is 11.3 Å². The van der Waals surface area contributed by atoms with Crippen molar-refractivity contribution >= 4 is 17.2 Å². The van der Waals surface area contributed by atoms with E-state index < -0.39 is 0 Å². The van der Waals surface area contributed by atoms with Gasteiger partial charge in [-0.2, -0.15) is 0 Å². The van der Waals surface area contributed by atoms with Crippen molar-refractivity contribution in [2.75, 3.05) is 0 Å². The molecule has 4 nitrogen and oxygen atoms in total. The molecule has 1 aromatic heterocycles. The number of thiazole rings is 1. The molecule has 1 heterocycles. The minimum absolute atomic E-state index is 0.00736. The summed E-state index contributed by atoms with van der Waals surface area (Å²) in [5.74, 6) is -0.0302. The Morgan fingerprint density at radius 2 is 2.38 bits per heavy atom. The molecule has 0 aliphatic heterocycles. The summed E-state index contributed by atoms with van der Waals surface area (Å²) in [5, 5.41) is 4.42. The second kappa shape index (κ2) is 4.23. The maximum Gasteiger partial charge on any atom is 0.304 e. The molecule has 13 heavy (non-hydrogen) atoms. The van der Waals surface area contributed by atoms with E-state index in [1.54, 1.807) is 5.38 Å². The molecule has 72 valence electrons. The first-order valence-corrected chi connectivity index (χ1v) is 4.92. The second-order valence-corrected chi connectivity index (χ2v) is 3.89. The van der Waals surface area contributed by atoms with Gasteiger partial charge in [-0.05, 0) is 0 Å². The number of rotatable bonds is 3. The van der Waals surface area contributed by atoms with Crippen LogP contribution in [0.2, 0.25) is 0 Å². The molecule has 0 spiro atoms. The van der Waals surface area contributed by atoms with Crippen molar-refractivity contribution in [2.45, 2.75) is 20.4 Å². The molecule has 0 unspecified atom stereocenters. The minimum Gasteiger partial charge on any atom is -0.350 e. The molecule has 0 saturated heterocycles. The zero-order valence-electron chi connectivity index (χ0n) is 7.59. The number of carbonyl (C=O) groups is 1. The molecule has 1 amide bonds. The third-order valence-corrected chi connectivity index (χ3v) is 2.27. The Morgan fingerprint density at radius 3 is 2.85 bits per heavy atom. The highest BCUT2D eigenvalue weighted by atomic mass is 32.1. The number of amides is 1. The average Bonchev–Trinajstić information content (AvgIpc) is 2.47. The average molecular weight is 200 g/mol. The van der Waals surface area contributed by atoms with Gasteiger partial charge in [0.1, 0.15) is 0 Å². The SMILES string of the molecule is CC(C)C(=O)NCc1csc(=O)[nH]1. The van der Waals surface area contributed by atoms with Crippen LogP contribution in [0.15, 0.2) is 10.2 Å². The van der Waals surface area contributed by atoms with E-state index in [0.29, 0.717) is 6.54 Å². The predicted molar refractivity (Wildman–Crippen MR) is 51.6 cm³/mol. The van der Waals surface area contributed by atoms with Crippen LogP contribution in [0.3, 0.4) is 0 Å². The summed E-state index contributed by atoms with van der Waals surface area (Å²) in [6, 6.07) is 0. The summed E-state index contributed by atoms with van der Waals surface area (Å²) >= 11 is 1.10. The maximum atomic E-state index is 11.1. The van der Waals surface area contributed by atoms with Gasteiger partial charge in [-0.15, -0.1) is 0 Å². The predicted octanol–water partition coefficient (Wildman–Crippen LogP) is 0.709. The first kappa shape index (κ1) is 9.98. The van der Waals surface area contributed by atoms with Crippen LogP contribution < -0.4 is 10.2 Å². The lowest BCUT2D eigenvalue weighted by molar-refractivity contribution is -0.124. The zero-order chi connectivity index (χ0) is 9.84. The fraction of sp³-hybridized carbons (Fsp3) is 0.500. The topological polar surface area (TPSA) is 62.0 Å². The maximum absolute atomic E-state index is 11.1. The highest BCUT2D eigenvalue weighted by molar-refractivity contribution is 7.07. The highest BCUT2D eigenvalue weighted by Crippen LogP contribution is 1.96. The highest BCUT2D eigenvalue weighted by Gasteiger charge is 2.06. The fourth-order valence-electron chi connectivity index (χ4n) is 0.787. The number of carbonyl (C=O) groups excluding carboxylic acids is 1. The largest absolute Gasteiger partial charge is 0.350 e. The van der Waals surface area contributed by atoms with Crippen molar-refractivity contribution in [3.8, 4) is 0 Å². The Balaban J connectivity index is 2.44. The standard InChI is InChI=1S/C8H12N2O2S/c1-5(2)7(11)9-3-6-4-13-8(12)10-6/h4-5H,3H2,1-2H3,(H,9,11)(H,10,12). The first-order valence-electron chi connectivity index (χ1n) is 4.04. The van der Waals surface area contributed by atoms with E-state index in [9.17, 15) is 9.59 Å². The first-order chi connectivity index (χ1) is 6.09. The van der Waals surface area contributed by atoms with Gasteiger partial charge in [-0.3, -0.25) is 9.59 Å². The normalized spacial score (nSPS) is 10.4. The van der Waals surface area contributed by atoms with Gasteiger partial charge in [-0.25, -0.2) is 0 Å². The summed E-state index contributed by atoms with van der Waals surface area (Å²) in [4.78, 5) is 24.4. The summed E-state index contributed by atoms with van der Waals surface area (Å²) in [7, 11) is 0. The fourth-order valence-corrected chi connectivity index (χ4v) is 1.37. The van der Waals surface area contributed by atoms with Crippen molar-refractivity contribution in [1.29, 1.82) is 0 Å².